The maximum Gasteiger partial charge on any atom is 0.229 e. The molecule has 1 saturated heterocycles. The number of rotatable bonds is 4. The van der Waals surface area contributed by atoms with Crippen molar-refractivity contribution in [2.24, 2.45) is 0 Å². The summed E-state index contributed by atoms with van der Waals surface area (Å²) in [6.45, 7) is 3.77. The molecule has 0 spiro atoms. The summed E-state index contributed by atoms with van der Waals surface area (Å²) in [7, 11) is 2.10. The van der Waals surface area contributed by atoms with Crippen molar-refractivity contribution in [2.45, 2.75) is 6.42 Å². The van der Waals surface area contributed by atoms with Crippen LogP contribution >= 0.6 is 11.6 Å². The Morgan fingerprint density at radius 1 is 1.12 bits per heavy atom. The third-order valence-corrected chi connectivity index (χ3v) is 4.78. The fourth-order valence-corrected chi connectivity index (χ4v) is 3.19. The first-order valence-corrected chi connectivity index (χ1v) is 8.67. The Balaban J connectivity index is 1.73. The highest BCUT2D eigenvalue weighted by molar-refractivity contribution is 6.31. The zero-order valence-corrected chi connectivity index (χ0v) is 14.9. The summed E-state index contributed by atoms with van der Waals surface area (Å²) in [5, 5.41) is 3.17. The second-order valence-corrected chi connectivity index (χ2v) is 6.64. The lowest BCUT2D eigenvalue weighted by Gasteiger charge is -2.35. The van der Waals surface area contributed by atoms with Crippen LogP contribution in [0.5, 0.6) is 0 Å². The third kappa shape index (κ3) is 4.30. The van der Waals surface area contributed by atoms with E-state index in [4.69, 9.17) is 11.6 Å². The molecule has 1 amide bonds. The highest BCUT2D eigenvalue weighted by atomic mass is 35.5. The maximum atomic E-state index is 13.9. The van der Waals surface area contributed by atoms with E-state index in [-0.39, 0.29) is 22.9 Å². The summed E-state index contributed by atoms with van der Waals surface area (Å²) in [5.41, 5.74) is 1.95. The van der Waals surface area contributed by atoms with E-state index in [9.17, 15) is 9.18 Å². The fraction of sp³-hybridized carbons (Fsp3) is 0.316. The van der Waals surface area contributed by atoms with Crippen LogP contribution in [-0.2, 0) is 11.2 Å². The van der Waals surface area contributed by atoms with Crippen LogP contribution in [0.25, 0.3) is 0 Å². The Morgan fingerprint density at radius 2 is 1.84 bits per heavy atom. The van der Waals surface area contributed by atoms with Crippen LogP contribution < -0.4 is 10.2 Å². The van der Waals surface area contributed by atoms with E-state index in [2.05, 4.69) is 22.2 Å². The van der Waals surface area contributed by atoms with Crippen molar-refractivity contribution < 1.29 is 9.18 Å². The highest BCUT2D eigenvalue weighted by Crippen LogP contribution is 2.27. The van der Waals surface area contributed by atoms with Crippen LogP contribution in [0.1, 0.15) is 5.56 Å². The quantitative estimate of drug-likeness (QED) is 0.906. The molecule has 3 rings (SSSR count). The molecular weight excluding hydrogens is 341 g/mol. The molecule has 2 aromatic carbocycles. The summed E-state index contributed by atoms with van der Waals surface area (Å²) in [6, 6.07) is 12.1. The molecule has 0 atom stereocenters. The van der Waals surface area contributed by atoms with Gasteiger partial charge in [0, 0.05) is 36.8 Å². The topological polar surface area (TPSA) is 35.6 Å². The van der Waals surface area contributed by atoms with E-state index < -0.39 is 5.82 Å². The molecule has 1 aliphatic heterocycles. The van der Waals surface area contributed by atoms with Gasteiger partial charge in [-0.1, -0.05) is 29.8 Å². The number of hydrogen-bond donors (Lipinski definition) is 1. The van der Waals surface area contributed by atoms with Crippen LogP contribution in [0.2, 0.25) is 5.02 Å². The van der Waals surface area contributed by atoms with Gasteiger partial charge in [-0.2, -0.15) is 0 Å². The van der Waals surface area contributed by atoms with Gasteiger partial charge >= 0.3 is 0 Å². The van der Waals surface area contributed by atoms with Gasteiger partial charge in [0.15, 0.2) is 0 Å². The van der Waals surface area contributed by atoms with Gasteiger partial charge in [0.05, 0.1) is 17.8 Å². The van der Waals surface area contributed by atoms with E-state index >= 15 is 0 Å². The van der Waals surface area contributed by atoms with Gasteiger partial charge in [-0.3, -0.25) is 4.79 Å². The second kappa shape index (κ2) is 7.85. The Bertz CT molecular complexity index is 740. The van der Waals surface area contributed by atoms with E-state index in [0.717, 1.165) is 37.6 Å². The third-order valence-electron chi connectivity index (χ3n) is 4.42. The van der Waals surface area contributed by atoms with Crippen LogP contribution in [0.15, 0.2) is 42.5 Å². The highest BCUT2D eigenvalue weighted by Gasteiger charge is 2.18. The molecular formula is C19H21ClFN3O. The predicted molar refractivity (Wildman–Crippen MR) is 99.9 cm³/mol. The summed E-state index contributed by atoms with van der Waals surface area (Å²) < 4.78 is 13.9. The first-order chi connectivity index (χ1) is 12.0. The average Bonchev–Trinajstić information content (AvgIpc) is 2.60. The summed E-state index contributed by atoms with van der Waals surface area (Å²) in [4.78, 5) is 16.9. The first-order valence-electron chi connectivity index (χ1n) is 8.30. The van der Waals surface area contributed by atoms with Crippen molar-refractivity contribution in [1.29, 1.82) is 0 Å². The van der Waals surface area contributed by atoms with Crippen LogP contribution in [0, 0.1) is 5.82 Å². The lowest BCUT2D eigenvalue weighted by Crippen LogP contribution is -2.44. The number of carbonyl (C=O) groups excluding carboxylic acids is 1. The van der Waals surface area contributed by atoms with E-state index in [1.165, 1.54) is 12.1 Å². The van der Waals surface area contributed by atoms with Crippen LogP contribution in [0.3, 0.4) is 0 Å². The largest absolute Gasteiger partial charge is 0.367 e. The van der Waals surface area contributed by atoms with Crippen LogP contribution in [-0.4, -0.2) is 44.0 Å². The molecule has 0 radical (unpaired) electrons. The zero-order chi connectivity index (χ0) is 17.8. The molecule has 2 aromatic rings. The van der Waals surface area contributed by atoms with Gasteiger partial charge in [0.25, 0.3) is 0 Å². The monoisotopic (exact) mass is 361 g/mol. The van der Waals surface area contributed by atoms with Crippen LogP contribution in [0.4, 0.5) is 15.8 Å². The predicted octanol–water partition coefficient (Wildman–Crippen LogP) is 3.41. The number of likely N-dealkylation sites (N-methyl/N-ethyl adjacent to an activating group) is 1. The van der Waals surface area contributed by atoms with Gasteiger partial charge in [0.2, 0.25) is 5.91 Å². The maximum absolute atomic E-state index is 13.9. The van der Waals surface area contributed by atoms with Crippen molar-refractivity contribution in [3.63, 3.8) is 0 Å². The molecule has 1 fully saturated rings. The Morgan fingerprint density at radius 3 is 2.56 bits per heavy atom. The Labute approximate surface area is 152 Å². The number of benzene rings is 2. The van der Waals surface area contributed by atoms with Crippen molar-refractivity contribution >= 4 is 28.9 Å². The zero-order valence-electron chi connectivity index (χ0n) is 14.1. The van der Waals surface area contributed by atoms with E-state index in [1.54, 1.807) is 6.07 Å². The molecule has 0 bridgehead atoms. The van der Waals surface area contributed by atoms with Crippen molar-refractivity contribution in [3.05, 3.63) is 58.9 Å². The lowest BCUT2D eigenvalue weighted by molar-refractivity contribution is -0.115. The van der Waals surface area contributed by atoms with Crippen molar-refractivity contribution in [1.82, 2.24) is 4.90 Å². The minimum atomic E-state index is -0.463. The Kier molecular flexibility index (Phi) is 5.56. The minimum Gasteiger partial charge on any atom is -0.367 e. The van der Waals surface area contributed by atoms with Gasteiger partial charge in [-0.15, -0.1) is 0 Å². The molecule has 4 nitrogen and oxygen atoms in total. The SMILES string of the molecule is CN1CCN(c2ccccc2NC(=O)Cc2c(F)cccc2Cl)CC1. The number of hydrogen-bond acceptors (Lipinski definition) is 3. The Hall–Kier alpha value is -2.11. The molecule has 1 heterocycles. The van der Waals surface area contributed by atoms with Crippen molar-refractivity contribution in [3.8, 4) is 0 Å². The minimum absolute atomic E-state index is 0.0947. The number of para-hydroxylation sites is 2. The molecule has 0 aliphatic carbocycles. The van der Waals surface area contributed by atoms with Gasteiger partial charge in [-0.25, -0.2) is 4.39 Å². The number of halogens is 2. The average molecular weight is 362 g/mol. The smallest absolute Gasteiger partial charge is 0.229 e. The number of nitrogens with one attached hydrogen (secondary N) is 1. The number of carbonyl (C=O) groups is 1. The van der Waals surface area contributed by atoms with Gasteiger partial charge < -0.3 is 15.1 Å². The van der Waals surface area contributed by atoms with E-state index in [0.29, 0.717) is 0 Å². The molecule has 0 unspecified atom stereocenters. The number of anilines is 2. The summed E-state index contributed by atoms with van der Waals surface area (Å²) in [6.07, 6.45) is -0.0947. The van der Waals surface area contributed by atoms with Gasteiger partial charge in [0.1, 0.15) is 5.82 Å². The normalized spacial score (nSPS) is 15.2. The molecule has 6 heteroatoms. The summed E-state index contributed by atoms with van der Waals surface area (Å²) in [5.74, 6) is -0.747. The fourth-order valence-electron chi connectivity index (χ4n) is 2.96. The second-order valence-electron chi connectivity index (χ2n) is 6.23. The van der Waals surface area contributed by atoms with Crippen molar-refractivity contribution in [2.75, 3.05) is 43.4 Å². The number of amides is 1. The molecule has 25 heavy (non-hydrogen) atoms. The van der Waals surface area contributed by atoms with E-state index in [1.807, 2.05) is 24.3 Å². The molecule has 1 aliphatic rings. The molecule has 0 saturated carbocycles. The standard InChI is InChI=1S/C19H21ClFN3O/c1-23-9-11-24(12-10-23)18-8-3-2-7-17(18)22-19(25)13-14-15(20)5-4-6-16(14)21/h2-8H,9-13H2,1H3,(H,22,25). The van der Waals surface area contributed by atoms with Gasteiger partial charge in [-0.05, 0) is 31.3 Å². The lowest BCUT2D eigenvalue weighted by atomic mass is 10.1. The molecule has 0 aromatic heterocycles. The molecule has 1 N–H and O–H groups in total. The summed E-state index contributed by atoms with van der Waals surface area (Å²) >= 11 is 6.01. The number of nitrogens with zero attached hydrogens (tertiary/aromatic N) is 2. The molecule has 132 valence electrons. The number of piperazine rings is 1. The first kappa shape index (κ1) is 17.7.